The van der Waals surface area contributed by atoms with Gasteiger partial charge in [-0.3, -0.25) is 4.79 Å². The van der Waals surface area contributed by atoms with E-state index in [4.69, 9.17) is 4.74 Å². The predicted octanol–water partition coefficient (Wildman–Crippen LogP) is 2.20. The quantitative estimate of drug-likeness (QED) is 0.812. The van der Waals surface area contributed by atoms with Gasteiger partial charge in [-0.1, -0.05) is 13.8 Å². The minimum atomic E-state index is -0.584. The Balaban J connectivity index is 1.94. The molecule has 2 aromatic heterocycles. The number of esters is 1. The molecule has 25 heavy (non-hydrogen) atoms. The van der Waals surface area contributed by atoms with Crippen LogP contribution in [-0.2, 0) is 9.53 Å². The van der Waals surface area contributed by atoms with Gasteiger partial charge in [0, 0.05) is 17.9 Å². The van der Waals surface area contributed by atoms with Gasteiger partial charge in [0.15, 0.2) is 12.4 Å². The molecule has 1 atom stereocenters. The summed E-state index contributed by atoms with van der Waals surface area (Å²) in [5.41, 5.74) is 2.13. The lowest BCUT2D eigenvalue weighted by atomic mass is 10.1. The van der Waals surface area contributed by atoms with E-state index in [0.29, 0.717) is 11.7 Å². The molecule has 1 N–H and O–H groups in total. The first-order chi connectivity index (χ1) is 11.8. The lowest BCUT2D eigenvalue weighted by molar-refractivity contribution is -0.125. The van der Waals surface area contributed by atoms with Crippen LogP contribution < -0.4 is 5.32 Å². The summed E-state index contributed by atoms with van der Waals surface area (Å²) in [6.45, 7) is 9.45. The van der Waals surface area contributed by atoms with E-state index in [1.54, 1.807) is 16.8 Å². The molecule has 0 saturated heterocycles. The number of aryl methyl sites for hydroxylation is 2. The van der Waals surface area contributed by atoms with Crippen LogP contribution in [0.25, 0.3) is 5.82 Å². The van der Waals surface area contributed by atoms with Crippen LogP contribution in [0.15, 0.2) is 24.4 Å². The van der Waals surface area contributed by atoms with Crippen LogP contribution in [0.4, 0.5) is 0 Å². The first-order valence-corrected chi connectivity index (χ1v) is 8.24. The first-order valence-electron chi connectivity index (χ1n) is 8.24. The van der Waals surface area contributed by atoms with Gasteiger partial charge in [-0.25, -0.2) is 14.5 Å². The maximum absolute atomic E-state index is 12.0. The van der Waals surface area contributed by atoms with Gasteiger partial charge in [-0.2, -0.15) is 5.10 Å². The number of amides is 1. The fourth-order valence-electron chi connectivity index (χ4n) is 2.17. The molecular formula is C18H24N4O3. The van der Waals surface area contributed by atoms with Gasteiger partial charge >= 0.3 is 5.97 Å². The Kier molecular flexibility index (Phi) is 5.90. The molecule has 0 radical (unpaired) electrons. The predicted molar refractivity (Wildman–Crippen MR) is 93.6 cm³/mol. The third-order valence-corrected chi connectivity index (χ3v) is 3.93. The zero-order valence-electron chi connectivity index (χ0n) is 15.2. The summed E-state index contributed by atoms with van der Waals surface area (Å²) in [4.78, 5) is 28.0. The van der Waals surface area contributed by atoms with Crippen molar-refractivity contribution >= 4 is 11.9 Å². The number of hydrogen-bond donors (Lipinski definition) is 1. The monoisotopic (exact) mass is 344 g/mol. The molecule has 0 aromatic carbocycles. The molecule has 2 rings (SSSR count). The Morgan fingerprint density at radius 3 is 2.48 bits per heavy atom. The molecule has 0 bridgehead atoms. The van der Waals surface area contributed by atoms with E-state index in [0.717, 1.165) is 11.4 Å². The minimum Gasteiger partial charge on any atom is -0.452 e. The molecular weight excluding hydrogens is 320 g/mol. The number of rotatable bonds is 6. The van der Waals surface area contributed by atoms with Crippen molar-refractivity contribution in [2.24, 2.45) is 5.92 Å². The largest absolute Gasteiger partial charge is 0.452 e. The lowest BCUT2D eigenvalue weighted by Crippen LogP contribution is -2.38. The molecule has 0 spiro atoms. The minimum absolute atomic E-state index is 0.0212. The third-order valence-electron chi connectivity index (χ3n) is 3.93. The average molecular weight is 344 g/mol. The van der Waals surface area contributed by atoms with Crippen molar-refractivity contribution in [3.63, 3.8) is 0 Å². The van der Waals surface area contributed by atoms with E-state index >= 15 is 0 Å². The molecule has 7 nitrogen and oxygen atoms in total. The molecule has 1 amide bonds. The Hall–Kier alpha value is -2.70. The summed E-state index contributed by atoms with van der Waals surface area (Å²) < 4.78 is 6.73. The van der Waals surface area contributed by atoms with Crippen LogP contribution in [0.5, 0.6) is 0 Å². The number of ether oxygens (including phenoxy) is 1. The molecule has 0 aliphatic rings. The smallest absolute Gasteiger partial charge is 0.340 e. The second-order valence-electron chi connectivity index (χ2n) is 6.42. The van der Waals surface area contributed by atoms with Crippen molar-refractivity contribution in [3.8, 4) is 5.82 Å². The highest BCUT2D eigenvalue weighted by atomic mass is 16.5. The van der Waals surface area contributed by atoms with Gasteiger partial charge in [-0.05, 0) is 44.9 Å². The summed E-state index contributed by atoms with van der Waals surface area (Å²) in [5.74, 6) is 0.0259. The summed E-state index contributed by atoms with van der Waals surface area (Å²) in [7, 11) is 0. The van der Waals surface area contributed by atoms with Gasteiger partial charge in [0.1, 0.15) is 0 Å². The molecule has 134 valence electrons. The van der Waals surface area contributed by atoms with E-state index in [1.165, 1.54) is 6.20 Å². The van der Waals surface area contributed by atoms with E-state index in [2.05, 4.69) is 15.4 Å². The Labute approximate surface area is 147 Å². The van der Waals surface area contributed by atoms with Crippen LogP contribution in [-0.4, -0.2) is 39.3 Å². The van der Waals surface area contributed by atoms with Gasteiger partial charge in [-0.15, -0.1) is 0 Å². The van der Waals surface area contributed by atoms with Crippen molar-refractivity contribution in [1.29, 1.82) is 0 Å². The average Bonchev–Trinajstić information content (AvgIpc) is 2.91. The number of nitrogens with zero attached hydrogens (tertiary/aromatic N) is 3. The Morgan fingerprint density at radius 2 is 1.96 bits per heavy atom. The topological polar surface area (TPSA) is 86.1 Å². The molecule has 0 aliphatic carbocycles. The molecule has 1 unspecified atom stereocenters. The number of carbonyl (C=O) groups excluding carboxylic acids is 2. The molecule has 0 saturated carbocycles. The summed E-state index contributed by atoms with van der Waals surface area (Å²) in [6, 6.07) is 5.26. The molecule has 7 heteroatoms. The van der Waals surface area contributed by atoms with E-state index < -0.39 is 5.97 Å². The number of aromatic nitrogens is 3. The van der Waals surface area contributed by atoms with Crippen LogP contribution >= 0.6 is 0 Å². The maximum atomic E-state index is 12.0. The maximum Gasteiger partial charge on any atom is 0.340 e. The molecule has 0 fully saturated rings. The first kappa shape index (κ1) is 18.6. The normalized spacial score (nSPS) is 12.1. The molecule has 2 aromatic rings. The summed E-state index contributed by atoms with van der Waals surface area (Å²) >= 11 is 0. The number of pyridine rings is 1. The van der Waals surface area contributed by atoms with Gasteiger partial charge < -0.3 is 10.1 Å². The van der Waals surface area contributed by atoms with E-state index in [9.17, 15) is 9.59 Å². The van der Waals surface area contributed by atoms with Crippen molar-refractivity contribution in [3.05, 3.63) is 41.3 Å². The Bertz CT molecular complexity index is 750. The Morgan fingerprint density at radius 1 is 1.24 bits per heavy atom. The van der Waals surface area contributed by atoms with E-state index in [-0.39, 0.29) is 24.1 Å². The SMILES string of the molecule is Cc1cc(C)n(-c2ccc(C(=O)OCC(=O)NC(C)C(C)C)cn2)n1. The summed E-state index contributed by atoms with van der Waals surface area (Å²) in [5, 5.41) is 7.12. The number of hydrogen-bond acceptors (Lipinski definition) is 5. The lowest BCUT2D eigenvalue weighted by Gasteiger charge is -2.17. The van der Waals surface area contributed by atoms with Crippen molar-refractivity contribution in [2.75, 3.05) is 6.61 Å². The van der Waals surface area contributed by atoms with Gasteiger partial charge in [0.05, 0.1) is 11.3 Å². The van der Waals surface area contributed by atoms with Crippen molar-refractivity contribution in [1.82, 2.24) is 20.1 Å². The highest BCUT2D eigenvalue weighted by Crippen LogP contribution is 2.11. The van der Waals surface area contributed by atoms with Crippen LogP contribution in [0.1, 0.15) is 42.5 Å². The number of nitrogens with one attached hydrogen (secondary N) is 1. The number of carbonyl (C=O) groups is 2. The van der Waals surface area contributed by atoms with Crippen LogP contribution in [0.3, 0.4) is 0 Å². The second kappa shape index (κ2) is 7.92. The summed E-state index contributed by atoms with van der Waals surface area (Å²) in [6.07, 6.45) is 1.42. The highest BCUT2D eigenvalue weighted by Gasteiger charge is 2.14. The second-order valence-corrected chi connectivity index (χ2v) is 6.42. The zero-order valence-corrected chi connectivity index (χ0v) is 15.2. The molecule has 2 heterocycles. The van der Waals surface area contributed by atoms with Crippen LogP contribution in [0, 0.1) is 19.8 Å². The van der Waals surface area contributed by atoms with Crippen molar-refractivity contribution in [2.45, 2.75) is 40.7 Å². The van der Waals surface area contributed by atoms with E-state index in [1.807, 2.05) is 40.7 Å². The fourth-order valence-corrected chi connectivity index (χ4v) is 2.17. The van der Waals surface area contributed by atoms with Crippen molar-refractivity contribution < 1.29 is 14.3 Å². The van der Waals surface area contributed by atoms with Gasteiger partial charge in [0.25, 0.3) is 5.91 Å². The highest BCUT2D eigenvalue weighted by molar-refractivity contribution is 5.91. The molecule has 0 aliphatic heterocycles. The zero-order chi connectivity index (χ0) is 18.6. The van der Waals surface area contributed by atoms with Gasteiger partial charge in [0.2, 0.25) is 0 Å². The fraction of sp³-hybridized carbons (Fsp3) is 0.444. The third kappa shape index (κ3) is 4.89. The van der Waals surface area contributed by atoms with Crippen LogP contribution in [0.2, 0.25) is 0 Å². The standard InChI is InChI=1S/C18H24N4O3/c1-11(2)14(5)20-17(23)10-25-18(24)15-6-7-16(19-9-15)22-13(4)8-12(3)21-22/h6-9,11,14H,10H2,1-5H3,(H,20,23).